The molecule has 18 heavy (non-hydrogen) atoms. The van der Waals surface area contributed by atoms with Gasteiger partial charge in [-0.05, 0) is 19.4 Å². The molecule has 1 aromatic heterocycles. The number of ether oxygens (including phenoxy) is 1. The highest BCUT2D eigenvalue weighted by molar-refractivity contribution is 6.76. The third-order valence-corrected chi connectivity index (χ3v) is 4.36. The fraction of sp³-hybridized carbons (Fsp3) is 0.692. The molecule has 0 spiro atoms. The van der Waals surface area contributed by atoms with Crippen molar-refractivity contribution in [3.05, 3.63) is 18.2 Å². The number of aromatic nitrogens is 2. The highest BCUT2D eigenvalue weighted by atomic mass is 28.3. The van der Waals surface area contributed by atoms with Crippen LogP contribution in [0.15, 0.2) is 12.5 Å². The van der Waals surface area contributed by atoms with E-state index in [4.69, 9.17) is 4.74 Å². The van der Waals surface area contributed by atoms with Crippen LogP contribution in [-0.4, -0.2) is 30.0 Å². The van der Waals surface area contributed by atoms with Gasteiger partial charge in [0.25, 0.3) is 0 Å². The molecule has 0 atom stereocenters. The van der Waals surface area contributed by atoms with E-state index in [2.05, 4.69) is 24.6 Å². The average molecular weight is 268 g/mol. The first-order valence-corrected chi connectivity index (χ1v) is 10.2. The van der Waals surface area contributed by atoms with Crippen LogP contribution in [0, 0.1) is 0 Å². The third kappa shape index (κ3) is 6.71. The van der Waals surface area contributed by atoms with Crippen LogP contribution in [0.3, 0.4) is 0 Å². The Labute approximate surface area is 110 Å². The zero-order valence-electron chi connectivity index (χ0n) is 11.9. The van der Waals surface area contributed by atoms with E-state index in [1.165, 1.54) is 6.04 Å². The number of imidazole rings is 1. The molecule has 1 heterocycles. The van der Waals surface area contributed by atoms with Crippen molar-refractivity contribution in [3.8, 4) is 0 Å². The van der Waals surface area contributed by atoms with E-state index in [9.17, 15) is 4.79 Å². The van der Waals surface area contributed by atoms with E-state index < -0.39 is 8.07 Å². The number of nitrogens with zero attached hydrogens (tertiary/aromatic N) is 2. The van der Waals surface area contributed by atoms with Gasteiger partial charge >= 0.3 is 0 Å². The topological polar surface area (TPSA) is 44.1 Å². The van der Waals surface area contributed by atoms with Gasteiger partial charge in [-0.25, -0.2) is 4.98 Å². The Balaban J connectivity index is 2.25. The molecule has 0 bridgehead atoms. The maximum Gasteiger partial charge on any atom is 0.130 e. The van der Waals surface area contributed by atoms with Gasteiger partial charge in [-0.1, -0.05) is 19.6 Å². The Morgan fingerprint density at radius 2 is 2.17 bits per heavy atom. The van der Waals surface area contributed by atoms with Crippen LogP contribution >= 0.6 is 0 Å². The van der Waals surface area contributed by atoms with E-state index in [1.807, 2.05) is 10.8 Å². The highest BCUT2D eigenvalue weighted by Crippen LogP contribution is 2.08. The normalized spacial score (nSPS) is 11.8. The van der Waals surface area contributed by atoms with Gasteiger partial charge in [-0.3, -0.25) is 0 Å². The van der Waals surface area contributed by atoms with Crippen molar-refractivity contribution in [2.75, 3.05) is 6.61 Å². The van der Waals surface area contributed by atoms with Crippen LogP contribution in [-0.2, 0) is 22.7 Å². The maximum absolute atomic E-state index is 10.9. The van der Waals surface area contributed by atoms with Crippen molar-refractivity contribution < 1.29 is 9.53 Å². The van der Waals surface area contributed by atoms with Crippen molar-refractivity contribution in [1.82, 2.24) is 9.55 Å². The molecular weight excluding hydrogens is 244 g/mol. The monoisotopic (exact) mass is 268 g/mol. The number of Topliss-reactive ketones (excluding diaryl/α,β-unsaturated/α-hetero) is 1. The zero-order valence-corrected chi connectivity index (χ0v) is 12.9. The van der Waals surface area contributed by atoms with Crippen LogP contribution < -0.4 is 0 Å². The molecule has 5 heteroatoms. The molecule has 0 aromatic carbocycles. The Kier molecular flexibility index (Phi) is 5.75. The smallest absolute Gasteiger partial charge is 0.130 e. The van der Waals surface area contributed by atoms with E-state index in [0.29, 0.717) is 13.2 Å². The summed E-state index contributed by atoms with van der Waals surface area (Å²) >= 11 is 0. The summed E-state index contributed by atoms with van der Waals surface area (Å²) in [6, 6.07) is 1.18. The molecule has 0 amide bonds. The van der Waals surface area contributed by atoms with Crippen molar-refractivity contribution in [1.29, 1.82) is 0 Å². The third-order valence-electron chi connectivity index (χ3n) is 2.66. The first kappa shape index (κ1) is 15.1. The van der Waals surface area contributed by atoms with Crippen LogP contribution in [0.5, 0.6) is 0 Å². The van der Waals surface area contributed by atoms with Gasteiger partial charge in [0.15, 0.2) is 0 Å². The van der Waals surface area contributed by atoms with Gasteiger partial charge in [-0.15, -0.1) is 0 Å². The van der Waals surface area contributed by atoms with Crippen LogP contribution in [0.1, 0.15) is 19.0 Å². The average Bonchev–Trinajstić information content (AvgIpc) is 2.68. The molecule has 0 N–H and O–H groups in total. The summed E-state index contributed by atoms with van der Waals surface area (Å²) in [6.07, 6.45) is 5.01. The summed E-state index contributed by atoms with van der Waals surface area (Å²) in [6.45, 7) is 10.00. The summed E-state index contributed by atoms with van der Waals surface area (Å²) in [5.41, 5.74) is 0.957. The molecule has 0 fully saturated rings. The fourth-order valence-electron chi connectivity index (χ4n) is 1.46. The molecule has 1 aromatic rings. The lowest BCUT2D eigenvalue weighted by molar-refractivity contribution is -0.116. The summed E-state index contributed by atoms with van der Waals surface area (Å²) in [5.74, 6) is 0.205. The minimum Gasteiger partial charge on any atom is -0.361 e. The van der Waals surface area contributed by atoms with Crippen molar-refractivity contribution in [3.63, 3.8) is 0 Å². The number of carbonyl (C=O) groups is 1. The molecule has 0 unspecified atom stereocenters. The Morgan fingerprint density at radius 1 is 1.44 bits per heavy atom. The molecule has 0 saturated heterocycles. The Morgan fingerprint density at radius 3 is 2.78 bits per heavy atom. The van der Waals surface area contributed by atoms with Gasteiger partial charge in [-0.2, -0.15) is 0 Å². The van der Waals surface area contributed by atoms with Gasteiger partial charge in [0.2, 0.25) is 0 Å². The van der Waals surface area contributed by atoms with E-state index >= 15 is 0 Å². The van der Waals surface area contributed by atoms with E-state index in [-0.39, 0.29) is 5.78 Å². The van der Waals surface area contributed by atoms with Crippen LogP contribution in [0.4, 0.5) is 0 Å². The number of hydrogen-bond acceptors (Lipinski definition) is 3. The standard InChI is InChI=1S/C13H24N2O2Si/c1-12(16)5-6-13-9-15(10-14-13)11-17-7-8-18(2,3)4/h9-10H,5-8,11H2,1-4H3. The molecule has 0 aliphatic rings. The van der Waals surface area contributed by atoms with Gasteiger partial charge in [0, 0.05) is 27.3 Å². The van der Waals surface area contributed by atoms with Crippen LogP contribution in [0.2, 0.25) is 25.7 Å². The van der Waals surface area contributed by atoms with Gasteiger partial charge < -0.3 is 14.1 Å². The van der Waals surface area contributed by atoms with Gasteiger partial charge in [0.05, 0.1) is 12.0 Å². The molecule has 1 rings (SSSR count). The zero-order chi connectivity index (χ0) is 13.6. The predicted molar refractivity (Wildman–Crippen MR) is 75.3 cm³/mol. The van der Waals surface area contributed by atoms with Gasteiger partial charge in [0.1, 0.15) is 12.5 Å². The summed E-state index contributed by atoms with van der Waals surface area (Å²) in [5, 5.41) is 0. The lowest BCUT2D eigenvalue weighted by Crippen LogP contribution is -2.21. The number of hydrogen-bond donors (Lipinski definition) is 0. The summed E-state index contributed by atoms with van der Waals surface area (Å²) in [7, 11) is -1.00. The number of ketones is 1. The number of carbonyl (C=O) groups excluding carboxylic acids is 1. The quantitative estimate of drug-likeness (QED) is 0.538. The molecule has 4 nitrogen and oxygen atoms in total. The minimum absolute atomic E-state index is 0.205. The van der Waals surface area contributed by atoms with Crippen molar-refractivity contribution in [2.24, 2.45) is 0 Å². The second-order valence-corrected chi connectivity index (χ2v) is 11.6. The molecule has 0 saturated carbocycles. The predicted octanol–water partition coefficient (Wildman–Crippen LogP) is 2.72. The van der Waals surface area contributed by atoms with Crippen molar-refractivity contribution in [2.45, 2.75) is 52.2 Å². The first-order valence-electron chi connectivity index (χ1n) is 6.45. The Hall–Kier alpha value is -0.943. The van der Waals surface area contributed by atoms with Crippen molar-refractivity contribution >= 4 is 13.9 Å². The van der Waals surface area contributed by atoms with E-state index in [0.717, 1.165) is 18.7 Å². The SMILES string of the molecule is CC(=O)CCc1cn(COCC[Si](C)(C)C)cn1. The highest BCUT2D eigenvalue weighted by Gasteiger charge is 2.11. The second kappa shape index (κ2) is 6.85. The fourth-order valence-corrected chi connectivity index (χ4v) is 2.22. The Bertz CT molecular complexity index is 383. The molecular formula is C13H24N2O2Si. The second-order valence-electron chi connectivity index (χ2n) is 5.93. The number of rotatable bonds is 8. The molecule has 0 radical (unpaired) electrons. The molecule has 0 aliphatic heterocycles. The lowest BCUT2D eigenvalue weighted by atomic mass is 10.2. The summed E-state index contributed by atoms with van der Waals surface area (Å²) in [4.78, 5) is 15.1. The maximum atomic E-state index is 10.9. The van der Waals surface area contributed by atoms with Crippen LogP contribution in [0.25, 0.3) is 0 Å². The first-order chi connectivity index (χ1) is 8.37. The minimum atomic E-state index is -1.00. The molecule has 0 aliphatic carbocycles. The largest absolute Gasteiger partial charge is 0.361 e. The molecule has 102 valence electrons. The lowest BCUT2D eigenvalue weighted by Gasteiger charge is -2.15. The number of aryl methyl sites for hydroxylation is 1. The van der Waals surface area contributed by atoms with E-state index in [1.54, 1.807) is 13.3 Å². The summed E-state index contributed by atoms with van der Waals surface area (Å²) < 4.78 is 7.56.